The number of amides is 2. The molecule has 2 amide bonds. The topological polar surface area (TPSA) is 56.8 Å². The van der Waals surface area contributed by atoms with Gasteiger partial charge in [0.1, 0.15) is 5.82 Å². The molecule has 0 aliphatic carbocycles. The van der Waals surface area contributed by atoms with Gasteiger partial charge >= 0.3 is 0 Å². The average molecular weight is 304 g/mol. The molecule has 0 radical (unpaired) electrons. The Morgan fingerprint density at radius 3 is 2.50 bits per heavy atom. The van der Waals surface area contributed by atoms with E-state index in [1.165, 1.54) is 6.92 Å². The first-order valence-electron chi connectivity index (χ1n) is 7.81. The molecule has 0 saturated carbocycles. The minimum atomic E-state index is -0.0395. The number of nitrogens with zero attached hydrogens (tertiary/aromatic N) is 4. The highest BCUT2D eigenvalue weighted by Gasteiger charge is 2.23. The Morgan fingerprint density at radius 2 is 1.95 bits per heavy atom. The van der Waals surface area contributed by atoms with Crippen molar-refractivity contribution in [2.45, 2.75) is 20.3 Å². The highest BCUT2D eigenvalue weighted by Crippen LogP contribution is 2.12. The van der Waals surface area contributed by atoms with Crippen molar-refractivity contribution in [3.63, 3.8) is 0 Å². The average Bonchev–Trinajstić information content (AvgIpc) is 2.55. The molecule has 6 nitrogen and oxygen atoms in total. The van der Waals surface area contributed by atoms with Gasteiger partial charge in [-0.05, 0) is 18.6 Å². The van der Waals surface area contributed by atoms with Crippen LogP contribution in [0.2, 0.25) is 0 Å². The fourth-order valence-electron chi connectivity index (χ4n) is 2.61. The minimum Gasteiger partial charge on any atom is -0.353 e. The van der Waals surface area contributed by atoms with Gasteiger partial charge in [0.05, 0.1) is 6.54 Å². The largest absolute Gasteiger partial charge is 0.353 e. The number of carbonyl (C=O) groups is 2. The Bertz CT molecular complexity index is 498. The molecule has 0 aromatic carbocycles. The van der Waals surface area contributed by atoms with Crippen molar-refractivity contribution < 1.29 is 9.59 Å². The summed E-state index contributed by atoms with van der Waals surface area (Å²) in [4.78, 5) is 33.8. The van der Waals surface area contributed by atoms with Crippen LogP contribution in [-0.2, 0) is 9.59 Å². The number of anilines is 1. The minimum absolute atomic E-state index is 0.0318. The quantitative estimate of drug-likeness (QED) is 0.814. The van der Waals surface area contributed by atoms with Crippen LogP contribution in [0.1, 0.15) is 20.3 Å². The second kappa shape index (κ2) is 7.77. The lowest BCUT2D eigenvalue weighted by Crippen LogP contribution is -2.52. The summed E-state index contributed by atoms with van der Waals surface area (Å²) in [6, 6.07) is 5.85. The third kappa shape index (κ3) is 4.19. The normalized spacial score (nSPS) is 14.8. The zero-order valence-electron chi connectivity index (χ0n) is 13.4. The Hall–Kier alpha value is -2.11. The molecule has 22 heavy (non-hydrogen) atoms. The van der Waals surface area contributed by atoms with Crippen LogP contribution < -0.4 is 4.90 Å². The van der Waals surface area contributed by atoms with Gasteiger partial charge in [-0.15, -0.1) is 0 Å². The lowest BCUT2D eigenvalue weighted by atomic mass is 10.3. The zero-order valence-corrected chi connectivity index (χ0v) is 13.4. The molecule has 1 fully saturated rings. The number of carbonyl (C=O) groups excluding carboxylic acids is 2. The summed E-state index contributed by atoms with van der Waals surface area (Å²) >= 11 is 0. The van der Waals surface area contributed by atoms with E-state index >= 15 is 0 Å². The first-order valence-corrected chi connectivity index (χ1v) is 7.81. The van der Waals surface area contributed by atoms with Crippen LogP contribution in [0.25, 0.3) is 0 Å². The van der Waals surface area contributed by atoms with Crippen molar-refractivity contribution in [2.24, 2.45) is 0 Å². The molecule has 0 unspecified atom stereocenters. The van der Waals surface area contributed by atoms with Crippen LogP contribution in [0.5, 0.6) is 0 Å². The van der Waals surface area contributed by atoms with Crippen molar-refractivity contribution in [1.29, 1.82) is 0 Å². The summed E-state index contributed by atoms with van der Waals surface area (Å²) in [6.07, 6.45) is 2.64. The maximum atomic E-state index is 12.3. The van der Waals surface area contributed by atoms with E-state index in [-0.39, 0.29) is 18.4 Å². The molecular weight excluding hydrogens is 280 g/mol. The van der Waals surface area contributed by atoms with Gasteiger partial charge in [0.25, 0.3) is 0 Å². The molecule has 0 atom stereocenters. The smallest absolute Gasteiger partial charge is 0.242 e. The Kier molecular flexibility index (Phi) is 5.75. The fraction of sp³-hybridized carbons (Fsp3) is 0.562. The van der Waals surface area contributed by atoms with Crippen LogP contribution in [0, 0.1) is 0 Å². The first kappa shape index (κ1) is 16.3. The number of piperazine rings is 1. The van der Waals surface area contributed by atoms with E-state index in [0.717, 1.165) is 25.3 Å². The van der Waals surface area contributed by atoms with Crippen molar-refractivity contribution in [1.82, 2.24) is 14.8 Å². The first-order chi connectivity index (χ1) is 10.6. The van der Waals surface area contributed by atoms with Crippen LogP contribution in [0.3, 0.4) is 0 Å². The lowest BCUT2D eigenvalue weighted by molar-refractivity contribution is -0.139. The van der Waals surface area contributed by atoms with Gasteiger partial charge in [-0.1, -0.05) is 13.0 Å². The van der Waals surface area contributed by atoms with E-state index in [2.05, 4.69) is 9.88 Å². The molecule has 1 aliphatic heterocycles. The van der Waals surface area contributed by atoms with E-state index in [0.29, 0.717) is 19.6 Å². The Morgan fingerprint density at radius 1 is 1.23 bits per heavy atom. The van der Waals surface area contributed by atoms with Gasteiger partial charge in [-0.2, -0.15) is 0 Å². The summed E-state index contributed by atoms with van der Waals surface area (Å²) in [5.74, 6) is 0.942. The SMILES string of the molecule is CCCN(CC(=O)N1CCN(c2ccccn2)CC1)C(C)=O. The van der Waals surface area contributed by atoms with Crippen LogP contribution in [0.4, 0.5) is 5.82 Å². The number of hydrogen-bond donors (Lipinski definition) is 0. The van der Waals surface area contributed by atoms with E-state index in [4.69, 9.17) is 0 Å². The number of rotatable bonds is 5. The molecule has 1 aromatic heterocycles. The summed E-state index contributed by atoms with van der Waals surface area (Å²) in [5.41, 5.74) is 0. The maximum absolute atomic E-state index is 12.3. The van der Waals surface area contributed by atoms with Crippen molar-refractivity contribution >= 4 is 17.6 Å². The third-order valence-electron chi connectivity index (χ3n) is 3.87. The highest BCUT2D eigenvalue weighted by molar-refractivity contribution is 5.84. The van der Waals surface area contributed by atoms with Crippen molar-refractivity contribution in [2.75, 3.05) is 44.2 Å². The molecule has 120 valence electrons. The number of pyridine rings is 1. The number of hydrogen-bond acceptors (Lipinski definition) is 4. The molecule has 0 bridgehead atoms. The summed E-state index contributed by atoms with van der Waals surface area (Å²) in [7, 11) is 0. The molecule has 1 saturated heterocycles. The monoisotopic (exact) mass is 304 g/mol. The van der Waals surface area contributed by atoms with Crippen LogP contribution in [-0.4, -0.2) is 65.9 Å². The summed E-state index contributed by atoms with van der Waals surface area (Å²) in [6.45, 7) is 7.24. The molecule has 2 heterocycles. The van der Waals surface area contributed by atoms with Gasteiger partial charge in [0, 0.05) is 45.8 Å². The van der Waals surface area contributed by atoms with Crippen molar-refractivity contribution in [3.8, 4) is 0 Å². The third-order valence-corrected chi connectivity index (χ3v) is 3.87. The molecule has 0 N–H and O–H groups in total. The second-order valence-corrected chi connectivity index (χ2v) is 5.50. The van der Waals surface area contributed by atoms with E-state index in [1.807, 2.05) is 30.0 Å². The second-order valence-electron chi connectivity index (χ2n) is 5.50. The van der Waals surface area contributed by atoms with E-state index in [9.17, 15) is 9.59 Å². The standard InChI is InChI=1S/C16H24N4O2/c1-3-8-20(14(2)21)13-16(22)19-11-9-18(10-12-19)15-6-4-5-7-17-15/h4-7H,3,8-13H2,1-2H3. The van der Waals surface area contributed by atoms with Crippen LogP contribution in [0.15, 0.2) is 24.4 Å². The van der Waals surface area contributed by atoms with Gasteiger partial charge in [-0.25, -0.2) is 4.98 Å². The van der Waals surface area contributed by atoms with Crippen molar-refractivity contribution in [3.05, 3.63) is 24.4 Å². The number of aromatic nitrogens is 1. The van der Waals surface area contributed by atoms with Gasteiger partial charge in [0.2, 0.25) is 11.8 Å². The Labute approximate surface area is 131 Å². The van der Waals surface area contributed by atoms with Crippen LogP contribution >= 0.6 is 0 Å². The maximum Gasteiger partial charge on any atom is 0.242 e. The van der Waals surface area contributed by atoms with Gasteiger partial charge in [0.15, 0.2) is 0 Å². The highest BCUT2D eigenvalue weighted by atomic mass is 16.2. The summed E-state index contributed by atoms with van der Waals surface area (Å²) < 4.78 is 0. The van der Waals surface area contributed by atoms with E-state index in [1.54, 1.807) is 11.1 Å². The molecular formula is C16H24N4O2. The fourth-order valence-corrected chi connectivity index (χ4v) is 2.61. The molecule has 1 aliphatic rings. The molecule has 6 heteroatoms. The predicted octanol–water partition coefficient (Wildman–Crippen LogP) is 0.989. The van der Waals surface area contributed by atoms with E-state index < -0.39 is 0 Å². The zero-order chi connectivity index (χ0) is 15.9. The molecule has 2 rings (SSSR count). The molecule has 1 aromatic rings. The van der Waals surface area contributed by atoms with Gasteiger partial charge < -0.3 is 14.7 Å². The van der Waals surface area contributed by atoms with Gasteiger partial charge in [-0.3, -0.25) is 9.59 Å². The molecule has 0 spiro atoms. The Balaban J connectivity index is 1.85. The lowest BCUT2D eigenvalue weighted by Gasteiger charge is -2.36. The predicted molar refractivity (Wildman–Crippen MR) is 85.6 cm³/mol. The summed E-state index contributed by atoms with van der Waals surface area (Å²) in [5, 5.41) is 0.